The van der Waals surface area contributed by atoms with Crippen molar-refractivity contribution in [2.24, 2.45) is 5.92 Å². The van der Waals surface area contributed by atoms with Crippen LogP contribution < -0.4 is 5.32 Å². The third kappa shape index (κ3) is 4.64. The standard InChI is InChI=1S/C12H21NO3/c1-9-5-4-6-10(9)13-11(14)7-2-3-8-12(15)16/h9-10H,2-8H2,1H3,(H,13,14)(H,15,16). The van der Waals surface area contributed by atoms with Crippen LogP contribution >= 0.6 is 0 Å². The van der Waals surface area contributed by atoms with E-state index in [0.29, 0.717) is 31.2 Å². The van der Waals surface area contributed by atoms with E-state index in [2.05, 4.69) is 12.2 Å². The van der Waals surface area contributed by atoms with Gasteiger partial charge in [-0.1, -0.05) is 13.3 Å². The maximum absolute atomic E-state index is 11.5. The van der Waals surface area contributed by atoms with Crippen LogP contribution in [0.3, 0.4) is 0 Å². The highest BCUT2D eigenvalue weighted by Gasteiger charge is 2.24. The molecule has 0 bridgehead atoms. The fourth-order valence-corrected chi connectivity index (χ4v) is 2.20. The predicted molar refractivity (Wildman–Crippen MR) is 61.0 cm³/mol. The third-order valence-electron chi connectivity index (χ3n) is 3.25. The number of carboxylic acids is 1. The number of hydrogen-bond acceptors (Lipinski definition) is 2. The van der Waals surface area contributed by atoms with Gasteiger partial charge in [-0.2, -0.15) is 0 Å². The van der Waals surface area contributed by atoms with Crippen molar-refractivity contribution in [3.63, 3.8) is 0 Å². The molecule has 1 fully saturated rings. The summed E-state index contributed by atoms with van der Waals surface area (Å²) in [6, 6.07) is 0.340. The van der Waals surface area contributed by atoms with Crippen molar-refractivity contribution in [1.29, 1.82) is 0 Å². The summed E-state index contributed by atoms with van der Waals surface area (Å²) >= 11 is 0. The molecule has 0 spiro atoms. The van der Waals surface area contributed by atoms with E-state index in [1.165, 1.54) is 12.8 Å². The van der Waals surface area contributed by atoms with Gasteiger partial charge in [-0.3, -0.25) is 9.59 Å². The molecule has 0 aromatic heterocycles. The molecule has 0 aromatic carbocycles. The Bertz CT molecular complexity index is 253. The van der Waals surface area contributed by atoms with Gasteiger partial charge < -0.3 is 10.4 Å². The summed E-state index contributed by atoms with van der Waals surface area (Å²) in [6.07, 6.45) is 5.35. The van der Waals surface area contributed by atoms with E-state index in [9.17, 15) is 9.59 Å². The highest BCUT2D eigenvalue weighted by atomic mass is 16.4. The summed E-state index contributed by atoms with van der Waals surface area (Å²) in [5.41, 5.74) is 0. The summed E-state index contributed by atoms with van der Waals surface area (Å²) in [5.74, 6) is -0.128. The van der Waals surface area contributed by atoms with Crippen LogP contribution in [0.5, 0.6) is 0 Å². The smallest absolute Gasteiger partial charge is 0.303 e. The minimum absolute atomic E-state index is 0.0733. The second-order valence-electron chi connectivity index (χ2n) is 4.68. The van der Waals surface area contributed by atoms with Crippen LogP contribution in [0.15, 0.2) is 0 Å². The Morgan fingerprint density at radius 3 is 2.50 bits per heavy atom. The lowest BCUT2D eigenvalue weighted by Gasteiger charge is -2.17. The second-order valence-corrected chi connectivity index (χ2v) is 4.68. The SMILES string of the molecule is CC1CCCC1NC(=O)CCCCC(=O)O. The Morgan fingerprint density at radius 1 is 1.25 bits per heavy atom. The summed E-state index contributed by atoms with van der Waals surface area (Å²) in [5, 5.41) is 11.5. The van der Waals surface area contributed by atoms with Gasteiger partial charge in [0.1, 0.15) is 0 Å². The van der Waals surface area contributed by atoms with Gasteiger partial charge in [0.15, 0.2) is 0 Å². The molecule has 0 aliphatic heterocycles. The summed E-state index contributed by atoms with van der Waals surface area (Å²) in [4.78, 5) is 21.8. The number of hydrogen-bond donors (Lipinski definition) is 2. The number of carbonyl (C=O) groups excluding carboxylic acids is 1. The first-order chi connectivity index (χ1) is 7.59. The molecule has 2 N–H and O–H groups in total. The van der Waals surface area contributed by atoms with Crippen molar-refractivity contribution in [1.82, 2.24) is 5.32 Å². The van der Waals surface area contributed by atoms with Gasteiger partial charge in [0.05, 0.1) is 0 Å². The first kappa shape index (κ1) is 13.0. The molecule has 1 aliphatic rings. The van der Waals surface area contributed by atoms with Crippen molar-refractivity contribution in [2.75, 3.05) is 0 Å². The number of carboxylic acid groups (broad SMARTS) is 1. The largest absolute Gasteiger partial charge is 0.481 e. The molecule has 1 amide bonds. The normalized spacial score (nSPS) is 24.3. The molecule has 1 saturated carbocycles. The molecule has 0 radical (unpaired) electrons. The van der Waals surface area contributed by atoms with Crippen LogP contribution in [-0.2, 0) is 9.59 Å². The van der Waals surface area contributed by atoms with Crippen LogP contribution in [-0.4, -0.2) is 23.0 Å². The number of rotatable bonds is 6. The van der Waals surface area contributed by atoms with Crippen molar-refractivity contribution in [2.45, 2.75) is 57.9 Å². The number of unbranched alkanes of at least 4 members (excludes halogenated alkanes) is 1. The Kier molecular flexibility index (Phi) is 5.29. The second kappa shape index (κ2) is 6.51. The first-order valence-electron chi connectivity index (χ1n) is 6.10. The van der Waals surface area contributed by atoms with Crippen LogP contribution in [0.2, 0.25) is 0 Å². The molecule has 1 rings (SSSR count). The topological polar surface area (TPSA) is 66.4 Å². The average Bonchev–Trinajstić information content (AvgIpc) is 2.59. The minimum Gasteiger partial charge on any atom is -0.481 e. The van der Waals surface area contributed by atoms with Crippen LogP contribution in [0, 0.1) is 5.92 Å². The van der Waals surface area contributed by atoms with Crippen molar-refractivity contribution in [3.8, 4) is 0 Å². The molecule has 0 heterocycles. The zero-order valence-electron chi connectivity index (χ0n) is 9.87. The quantitative estimate of drug-likeness (QED) is 0.681. The van der Waals surface area contributed by atoms with Gasteiger partial charge in [0.25, 0.3) is 0 Å². The van der Waals surface area contributed by atoms with Crippen molar-refractivity contribution in [3.05, 3.63) is 0 Å². The van der Waals surface area contributed by atoms with E-state index >= 15 is 0 Å². The number of carbonyl (C=O) groups is 2. The van der Waals surface area contributed by atoms with E-state index < -0.39 is 5.97 Å². The maximum atomic E-state index is 11.5. The fraction of sp³-hybridized carbons (Fsp3) is 0.833. The molecular weight excluding hydrogens is 206 g/mol. The first-order valence-corrected chi connectivity index (χ1v) is 6.10. The fourth-order valence-electron chi connectivity index (χ4n) is 2.20. The highest BCUT2D eigenvalue weighted by molar-refractivity contribution is 5.76. The van der Waals surface area contributed by atoms with E-state index in [1.807, 2.05) is 0 Å². The molecule has 1 aliphatic carbocycles. The molecule has 92 valence electrons. The number of nitrogens with one attached hydrogen (secondary N) is 1. The van der Waals surface area contributed by atoms with E-state index in [-0.39, 0.29) is 12.3 Å². The Labute approximate surface area is 96.4 Å². The monoisotopic (exact) mass is 227 g/mol. The minimum atomic E-state index is -0.787. The van der Waals surface area contributed by atoms with Crippen LogP contribution in [0.25, 0.3) is 0 Å². The maximum Gasteiger partial charge on any atom is 0.303 e. The lowest BCUT2D eigenvalue weighted by atomic mass is 10.1. The molecule has 4 nitrogen and oxygen atoms in total. The van der Waals surface area contributed by atoms with Gasteiger partial charge in [0, 0.05) is 18.9 Å². The van der Waals surface area contributed by atoms with E-state index in [4.69, 9.17) is 5.11 Å². The van der Waals surface area contributed by atoms with Gasteiger partial charge in [-0.25, -0.2) is 0 Å². The highest BCUT2D eigenvalue weighted by Crippen LogP contribution is 2.24. The van der Waals surface area contributed by atoms with Gasteiger partial charge >= 0.3 is 5.97 Å². The molecule has 4 heteroatoms. The molecule has 2 atom stereocenters. The van der Waals surface area contributed by atoms with E-state index in [1.54, 1.807) is 0 Å². The molecule has 2 unspecified atom stereocenters. The lowest BCUT2D eigenvalue weighted by molar-refractivity contribution is -0.137. The Hall–Kier alpha value is -1.06. The number of aliphatic carboxylic acids is 1. The van der Waals surface area contributed by atoms with Crippen molar-refractivity contribution < 1.29 is 14.7 Å². The Balaban J connectivity index is 2.08. The average molecular weight is 227 g/mol. The number of amides is 1. The third-order valence-corrected chi connectivity index (χ3v) is 3.25. The zero-order valence-corrected chi connectivity index (χ0v) is 9.87. The lowest BCUT2D eigenvalue weighted by Crippen LogP contribution is -2.36. The molecule has 0 saturated heterocycles. The van der Waals surface area contributed by atoms with Crippen molar-refractivity contribution >= 4 is 11.9 Å². The van der Waals surface area contributed by atoms with E-state index in [0.717, 1.165) is 6.42 Å². The summed E-state index contributed by atoms with van der Waals surface area (Å²) < 4.78 is 0. The van der Waals surface area contributed by atoms with Crippen LogP contribution in [0.1, 0.15) is 51.9 Å². The van der Waals surface area contributed by atoms with Gasteiger partial charge in [-0.15, -0.1) is 0 Å². The van der Waals surface area contributed by atoms with Crippen LogP contribution in [0.4, 0.5) is 0 Å². The molecule has 16 heavy (non-hydrogen) atoms. The summed E-state index contributed by atoms with van der Waals surface area (Å²) in [7, 11) is 0. The van der Waals surface area contributed by atoms with Gasteiger partial charge in [0.2, 0.25) is 5.91 Å². The predicted octanol–water partition coefficient (Wildman–Crippen LogP) is 1.94. The Morgan fingerprint density at radius 2 is 1.94 bits per heavy atom. The summed E-state index contributed by atoms with van der Waals surface area (Å²) in [6.45, 7) is 2.17. The molecule has 0 aromatic rings. The van der Waals surface area contributed by atoms with Gasteiger partial charge in [-0.05, 0) is 31.6 Å². The zero-order chi connectivity index (χ0) is 12.0. The molecular formula is C12H21NO3.